The zero-order valence-corrected chi connectivity index (χ0v) is 21.6. The molecule has 0 atom stereocenters. The smallest absolute Gasteiger partial charge is 0.338 e. The van der Waals surface area contributed by atoms with Gasteiger partial charge in [0.15, 0.2) is 0 Å². The summed E-state index contributed by atoms with van der Waals surface area (Å²) in [4.78, 5) is 22.8. The number of hydrogen-bond donors (Lipinski definition) is 0. The van der Waals surface area contributed by atoms with Gasteiger partial charge in [-0.25, -0.2) is 4.79 Å². The van der Waals surface area contributed by atoms with E-state index < -0.39 is 10.9 Å². The van der Waals surface area contributed by atoms with Crippen molar-refractivity contribution in [1.29, 1.82) is 0 Å². The van der Waals surface area contributed by atoms with Gasteiger partial charge in [0.05, 0.1) is 10.5 Å². The van der Waals surface area contributed by atoms with Gasteiger partial charge in [-0.3, -0.25) is 10.1 Å². The fourth-order valence-corrected chi connectivity index (χ4v) is 4.83. The van der Waals surface area contributed by atoms with Gasteiger partial charge in [0.1, 0.15) is 6.61 Å². The van der Waals surface area contributed by atoms with Crippen molar-refractivity contribution in [2.24, 2.45) is 0 Å². The first-order valence-electron chi connectivity index (χ1n) is 12.3. The van der Waals surface area contributed by atoms with E-state index in [9.17, 15) is 14.9 Å². The van der Waals surface area contributed by atoms with Crippen molar-refractivity contribution in [3.63, 3.8) is 0 Å². The number of nitro benzene ring substituents is 1. The molecule has 186 valence electrons. The number of esters is 1. The molecule has 0 N–H and O–H groups in total. The van der Waals surface area contributed by atoms with E-state index in [1.807, 2.05) is 12.1 Å². The van der Waals surface area contributed by atoms with Crippen LogP contribution in [0.5, 0.6) is 0 Å². The summed E-state index contributed by atoms with van der Waals surface area (Å²) in [5.74, 6) is -0.430. The topological polar surface area (TPSA) is 69.4 Å². The number of non-ortho nitro benzene ring substituents is 1. The Bertz CT molecular complexity index is 1320. The SMILES string of the molecule is CC(=Cc1ccc(C(=O)OCc2ccc([N+](=O)[O-])cc2)cc1)c1ccc2c(c1)C(C)(C)CCC2(C)C. The van der Waals surface area contributed by atoms with Gasteiger partial charge in [-0.05, 0) is 88.3 Å². The van der Waals surface area contributed by atoms with Crippen LogP contribution in [0.4, 0.5) is 5.69 Å². The quantitative estimate of drug-likeness (QED) is 0.155. The number of hydrogen-bond acceptors (Lipinski definition) is 4. The first-order valence-corrected chi connectivity index (χ1v) is 12.3. The molecule has 0 spiro atoms. The van der Waals surface area contributed by atoms with Gasteiger partial charge in [-0.2, -0.15) is 0 Å². The molecule has 1 aliphatic rings. The minimum absolute atomic E-state index is 0.00644. The first-order chi connectivity index (χ1) is 17.0. The van der Waals surface area contributed by atoms with Crippen LogP contribution in [-0.4, -0.2) is 10.9 Å². The van der Waals surface area contributed by atoms with Crippen LogP contribution in [0.15, 0.2) is 66.7 Å². The number of ether oxygens (including phenoxy) is 1. The molecule has 0 amide bonds. The number of fused-ring (bicyclic) bond motifs is 1. The summed E-state index contributed by atoms with van der Waals surface area (Å²) in [6, 6.07) is 20.2. The van der Waals surface area contributed by atoms with Crippen molar-refractivity contribution >= 4 is 23.3 Å². The lowest BCUT2D eigenvalue weighted by Crippen LogP contribution is -2.33. The molecule has 5 nitrogen and oxygen atoms in total. The summed E-state index contributed by atoms with van der Waals surface area (Å²) in [6.07, 6.45) is 4.51. The Labute approximate surface area is 213 Å². The van der Waals surface area contributed by atoms with Crippen molar-refractivity contribution in [1.82, 2.24) is 0 Å². The predicted octanol–water partition coefficient (Wildman–Crippen LogP) is 7.86. The van der Waals surface area contributed by atoms with Crippen LogP contribution >= 0.6 is 0 Å². The van der Waals surface area contributed by atoms with Gasteiger partial charge < -0.3 is 4.74 Å². The van der Waals surface area contributed by atoms with Gasteiger partial charge >= 0.3 is 5.97 Å². The molecule has 4 rings (SSSR count). The number of nitro groups is 1. The van der Waals surface area contributed by atoms with E-state index in [1.165, 1.54) is 47.2 Å². The Morgan fingerprint density at radius 2 is 1.47 bits per heavy atom. The summed E-state index contributed by atoms with van der Waals surface area (Å²) in [5, 5.41) is 10.8. The van der Waals surface area contributed by atoms with Crippen LogP contribution < -0.4 is 0 Å². The fourth-order valence-electron chi connectivity index (χ4n) is 4.83. The summed E-state index contributed by atoms with van der Waals surface area (Å²) in [7, 11) is 0. The second kappa shape index (κ2) is 9.73. The molecule has 0 saturated carbocycles. The molecule has 0 radical (unpaired) electrons. The highest BCUT2D eigenvalue weighted by Gasteiger charge is 2.36. The molecule has 0 fully saturated rings. The third-order valence-corrected chi connectivity index (χ3v) is 7.35. The van der Waals surface area contributed by atoms with Crippen LogP contribution in [-0.2, 0) is 22.2 Å². The van der Waals surface area contributed by atoms with Crippen LogP contribution in [0.1, 0.15) is 85.6 Å². The maximum Gasteiger partial charge on any atom is 0.338 e. The lowest BCUT2D eigenvalue weighted by Gasteiger charge is -2.42. The first kappa shape index (κ1) is 25.4. The molecule has 0 saturated heterocycles. The lowest BCUT2D eigenvalue weighted by atomic mass is 9.63. The van der Waals surface area contributed by atoms with E-state index in [4.69, 9.17) is 4.74 Å². The van der Waals surface area contributed by atoms with Crippen molar-refractivity contribution in [2.45, 2.75) is 64.9 Å². The highest BCUT2D eigenvalue weighted by Crippen LogP contribution is 2.46. The minimum atomic E-state index is -0.458. The number of carbonyl (C=O) groups excluding carboxylic acids is 1. The third-order valence-electron chi connectivity index (χ3n) is 7.35. The Morgan fingerprint density at radius 1 is 0.889 bits per heavy atom. The molecule has 36 heavy (non-hydrogen) atoms. The maximum absolute atomic E-state index is 12.5. The molecular weight excluding hydrogens is 450 g/mol. The zero-order chi connectivity index (χ0) is 26.1. The Balaban J connectivity index is 1.45. The lowest BCUT2D eigenvalue weighted by molar-refractivity contribution is -0.384. The predicted molar refractivity (Wildman–Crippen MR) is 144 cm³/mol. The van der Waals surface area contributed by atoms with E-state index in [2.05, 4.69) is 58.9 Å². The van der Waals surface area contributed by atoms with Gasteiger partial charge in [0, 0.05) is 12.1 Å². The monoisotopic (exact) mass is 483 g/mol. The largest absolute Gasteiger partial charge is 0.457 e. The number of rotatable bonds is 6. The van der Waals surface area contributed by atoms with Gasteiger partial charge in [0.25, 0.3) is 5.69 Å². The van der Waals surface area contributed by atoms with Crippen LogP contribution in [0.25, 0.3) is 11.6 Å². The van der Waals surface area contributed by atoms with Crippen LogP contribution in [0, 0.1) is 10.1 Å². The van der Waals surface area contributed by atoms with Crippen LogP contribution in [0.3, 0.4) is 0 Å². The summed E-state index contributed by atoms with van der Waals surface area (Å²) in [5.41, 5.74) is 7.81. The third kappa shape index (κ3) is 5.40. The summed E-state index contributed by atoms with van der Waals surface area (Å²) < 4.78 is 5.37. The Hall–Kier alpha value is -3.73. The molecule has 0 bridgehead atoms. The second-order valence-corrected chi connectivity index (χ2v) is 11.0. The molecule has 0 heterocycles. The highest BCUT2D eigenvalue weighted by atomic mass is 16.6. The van der Waals surface area contributed by atoms with Gasteiger partial charge in [-0.15, -0.1) is 0 Å². The Morgan fingerprint density at radius 3 is 2.08 bits per heavy atom. The van der Waals surface area contributed by atoms with E-state index in [-0.39, 0.29) is 23.1 Å². The van der Waals surface area contributed by atoms with E-state index in [0.29, 0.717) is 11.1 Å². The van der Waals surface area contributed by atoms with Gasteiger partial charge in [-0.1, -0.05) is 64.1 Å². The normalized spacial score (nSPS) is 16.2. The van der Waals surface area contributed by atoms with Crippen molar-refractivity contribution < 1.29 is 14.5 Å². The Kier molecular flexibility index (Phi) is 6.85. The minimum Gasteiger partial charge on any atom is -0.457 e. The number of allylic oxidation sites excluding steroid dienone is 1. The average Bonchev–Trinajstić information content (AvgIpc) is 2.86. The highest BCUT2D eigenvalue weighted by molar-refractivity contribution is 5.90. The number of nitrogens with zero attached hydrogens (tertiary/aromatic N) is 1. The van der Waals surface area contributed by atoms with Gasteiger partial charge in [0.2, 0.25) is 0 Å². The molecule has 3 aromatic rings. The molecule has 5 heteroatoms. The van der Waals surface area contributed by atoms with E-state index in [0.717, 1.165) is 5.56 Å². The van der Waals surface area contributed by atoms with Crippen LogP contribution in [0.2, 0.25) is 0 Å². The summed E-state index contributed by atoms with van der Waals surface area (Å²) >= 11 is 0. The maximum atomic E-state index is 12.5. The number of carbonyl (C=O) groups is 1. The molecule has 1 aliphatic carbocycles. The molecular formula is C31H33NO4. The zero-order valence-electron chi connectivity index (χ0n) is 21.6. The number of benzene rings is 3. The van der Waals surface area contributed by atoms with E-state index in [1.54, 1.807) is 24.3 Å². The standard InChI is InChI=1S/C31H33NO4/c1-21(25-12-15-27-28(19-25)31(4,5)17-16-30(27,2)3)18-22-6-10-24(11-7-22)29(33)36-20-23-8-13-26(14-9-23)32(34)35/h6-15,18-19H,16-17,20H2,1-5H3. The van der Waals surface area contributed by atoms with Crippen molar-refractivity contribution in [3.8, 4) is 0 Å². The average molecular weight is 484 g/mol. The molecule has 3 aromatic carbocycles. The van der Waals surface area contributed by atoms with Crippen molar-refractivity contribution in [2.75, 3.05) is 0 Å². The summed E-state index contributed by atoms with van der Waals surface area (Å²) in [6.45, 7) is 11.5. The molecule has 0 aliphatic heterocycles. The van der Waals surface area contributed by atoms with E-state index >= 15 is 0 Å². The van der Waals surface area contributed by atoms with Crippen molar-refractivity contribution in [3.05, 3.63) is 110 Å². The second-order valence-electron chi connectivity index (χ2n) is 11.0. The molecule has 0 aromatic heterocycles. The fraction of sp³-hybridized carbons (Fsp3) is 0.323. The molecule has 0 unspecified atom stereocenters.